The zero-order valence-corrected chi connectivity index (χ0v) is 12.6. The first-order valence-electron chi connectivity index (χ1n) is 7.14. The molecular formula is C14H27N3O2. The normalized spacial score (nSPS) is 19.9. The molecule has 2 amide bonds. The van der Waals surface area contributed by atoms with E-state index in [1.165, 1.54) is 0 Å². The number of hydrogen-bond donors (Lipinski definition) is 1. The van der Waals surface area contributed by atoms with Crippen LogP contribution in [0.15, 0.2) is 0 Å². The molecule has 1 saturated heterocycles. The van der Waals surface area contributed by atoms with Crippen LogP contribution in [-0.4, -0.2) is 54.8 Å². The highest BCUT2D eigenvalue weighted by atomic mass is 16.2. The van der Waals surface area contributed by atoms with E-state index in [0.717, 1.165) is 19.3 Å². The lowest BCUT2D eigenvalue weighted by Crippen LogP contribution is -2.50. The maximum Gasteiger partial charge on any atom is 0.239 e. The van der Waals surface area contributed by atoms with E-state index in [-0.39, 0.29) is 23.7 Å². The minimum Gasteiger partial charge on any atom is -0.349 e. The topological polar surface area (TPSA) is 66.6 Å². The van der Waals surface area contributed by atoms with E-state index in [2.05, 4.69) is 0 Å². The van der Waals surface area contributed by atoms with Crippen LogP contribution >= 0.6 is 0 Å². The van der Waals surface area contributed by atoms with Crippen molar-refractivity contribution in [3.05, 3.63) is 0 Å². The Balaban J connectivity index is 2.50. The highest BCUT2D eigenvalue weighted by Crippen LogP contribution is 2.20. The minimum atomic E-state index is -0.411. The smallest absolute Gasteiger partial charge is 0.239 e. The van der Waals surface area contributed by atoms with Crippen molar-refractivity contribution < 1.29 is 9.59 Å². The van der Waals surface area contributed by atoms with Crippen LogP contribution in [0.5, 0.6) is 0 Å². The molecule has 0 aromatic heterocycles. The van der Waals surface area contributed by atoms with Crippen LogP contribution < -0.4 is 5.73 Å². The largest absolute Gasteiger partial charge is 0.349 e. The van der Waals surface area contributed by atoms with Gasteiger partial charge in [0, 0.05) is 33.1 Å². The molecule has 1 aliphatic heterocycles. The van der Waals surface area contributed by atoms with Gasteiger partial charge in [-0.3, -0.25) is 9.59 Å². The summed E-state index contributed by atoms with van der Waals surface area (Å²) in [6, 6.07) is -0.411. The Morgan fingerprint density at radius 1 is 1.32 bits per heavy atom. The van der Waals surface area contributed by atoms with Gasteiger partial charge in [-0.05, 0) is 18.8 Å². The maximum atomic E-state index is 12.2. The number of likely N-dealkylation sites (tertiary alicyclic amines) is 1. The van der Waals surface area contributed by atoms with Crippen LogP contribution in [0.3, 0.4) is 0 Å². The van der Waals surface area contributed by atoms with Crippen LogP contribution in [0, 0.1) is 11.8 Å². The highest BCUT2D eigenvalue weighted by Gasteiger charge is 2.31. The average Bonchev–Trinajstić information content (AvgIpc) is 2.44. The van der Waals surface area contributed by atoms with E-state index in [4.69, 9.17) is 5.73 Å². The first-order chi connectivity index (χ1) is 8.88. The van der Waals surface area contributed by atoms with E-state index in [0.29, 0.717) is 13.1 Å². The molecule has 2 N–H and O–H groups in total. The molecule has 0 saturated carbocycles. The fourth-order valence-electron chi connectivity index (χ4n) is 2.42. The molecule has 0 aromatic carbocycles. The third kappa shape index (κ3) is 3.93. The lowest BCUT2D eigenvalue weighted by molar-refractivity contribution is -0.140. The SMILES string of the molecule is CC[C@H](C)[C@H](N)C(=O)N1CCC(C(=O)N(C)C)CC1. The monoisotopic (exact) mass is 269 g/mol. The van der Waals surface area contributed by atoms with Gasteiger partial charge in [0.05, 0.1) is 6.04 Å². The number of rotatable bonds is 4. The Hall–Kier alpha value is -1.10. The molecule has 0 aromatic rings. The third-order valence-corrected chi connectivity index (χ3v) is 4.14. The summed E-state index contributed by atoms with van der Waals surface area (Å²) in [6.07, 6.45) is 2.40. The van der Waals surface area contributed by atoms with Gasteiger partial charge in [-0.1, -0.05) is 20.3 Å². The standard InChI is InChI=1S/C14H27N3O2/c1-5-10(2)12(15)14(19)17-8-6-11(7-9-17)13(18)16(3)4/h10-12H,5-9,15H2,1-4H3/t10-,12-/m0/s1. The lowest BCUT2D eigenvalue weighted by atomic mass is 9.93. The summed E-state index contributed by atoms with van der Waals surface area (Å²) in [7, 11) is 3.55. The van der Waals surface area contributed by atoms with Crippen LogP contribution in [0.25, 0.3) is 0 Å². The summed E-state index contributed by atoms with van der Waals surface area (Å²) in [4.78, 5) is 27.5. The zero-order chi connectivity index (χ0) is 14.6. The number of nitrogens with zero attached hydrogens (tertiary/aromatic N) is 2. The van der Waals surface area contributed by atoms with E-state index >= 15 is 0 Å². The molecule has 1 fully saturated rings. The average molecular weight is 269 g/mol. The van der Waals surface area contributed by atoms with Crippen molar-refractivity contribution in [2.45, 2.75) is 39.2 Å². The Labute approximate surface area is 116 Å². The summed E-state index contributed by atoms with van der Waals surface area (Å²) < 4.78 is 0. The van der Waals surface area contributed by atoms with E-state index < -0.39 is 6.04 Å². The van der Waals surface area contributed by atoms with Crippen molar-refractivity contribution >= 4 is 11.8 Å². The van der Waals surface area contributed by atoms with Gasteiger partial charge in [0.1, 0.15) is 0 Å². The first kappa shape index (κ1) is 16.0. The second-order valence-corrected chi connectivity index (χ2v) is 5.74. The molecule has 1 aliphatic rings. The molecule has 0 aliphatic carbocycles. The molecule has 5 heteroatoms. The molecule has 110 valence electrons. The van der Waals surface area contributed by atoms with Gasteiger partial charge in [0.2, 0.25) is 11.8 Å². The van der Waals surface area contributed by atoms with Crippen LogP contribution in [0.4, 0.5) is 0 Å². The second-order valence-electron chi connectivity index (χ2n) is 5.74. The molecule has 0 bridgehead atoms. The third-order valence-electron chi connectivity index (χ3n) is 4.14. The number of hydrogen-bond acceptors (Lipinski definition) is 3. The summed E-state index contributed by atoms with van der Waals surface area (Å²) in [6.45, 7) is 5.34. The Morgan fingerprint density at radius 2 is 1.84 bits per heavy atom. The van der Waals surface area contributed by atoms with Gasteiger partial charge in [-0.2, -0.15) is 0 Å². The van der Waals surface area contributed by atoms with Crippen LogP contribution in [0.2, 0.25) is 0 Å². The van der Waals surface area contributed by atoms with Crippen molar-refractivity contribution in [1.82, 2.24) is 9.80 Å². The van der Waals surface area contributed by atoms with Crippen LogP contribution in [-0.2, 0) is 9.59 Å². The van der Waals surface area contributed by atoms with Gasteiger partial charge in [0.15, 0.2) is 0 Å². The Bertz CT molecular complexity index is 323. The first-order valence-corrected chi connectivity index (χ1v) is 7.14. The van der Waals surface area contributed by atoms with Gasteiger partial charge in [0.25, 0.3) is 0 Å². The summed E-state index contributed by atoms with van der Waals surface area (Å²) in [5.74, 6) is 0.455. The highest BCUT2D eigenvalue weighted by molar-refractivity contribution is 5.83. The van der Waals surface area contributed by atoms with Crippen molar-refractivity contribution in [3.63, 3.8) is 0 Å². The molecule has 0 unspecified atom stereocenters. The number of piperidine rings is 1. The molecule has 2 atom stereocenters. The second kappa shape index (κ2) is 6.89. The van der Waals surface area contributed by atoms with Crippen molar-refractivity contribution in [1.29, 1.82) is 0 Å². The number of carbonyl (C=O) groups excluding carboxylic acids is 2. The van der Waals surface area contributed by atoms with Crippen molar-refractivity contribution in [2.24, 2.45) is 17.6 Å². The van der Waals surface area contributed by atoms with Gasteiger partial charge >= 0.3 is 0 Å². The summed E-state index contributed by atoms with van der Waals surface area (Å²) in [5.41, 5.74) is 5.98. The Morgan fingerprint density at radius 3 is 2.26 bits per heavy atom. The molecule has 0 spiro atoms. The molecule has 1 heterocycles. The molecule has 19 heavy (non-hydrogen) atoms. The van der Waals surface area contributed by atoms with E-state index in [9.17, 15) is 9.59 Å². The molecule has 5 nitrogen and oxygen atoms in total. The quantitative estimate of drug-likeness (QED) is 0.816. The van der Waals surface area contributed by atoms with Crippen molar-refractivity contribution in [2.75, 3.05) is 27.2 Å². The molecule has 1 rings (SSSR count). The molecule has 0 radical (unpaired) electrons. The maximum absolute atomic E-state index is 12.2. The van der Waals surface area contributed by atoms with E-state index in [1.54, 1.807) is 19.0 Å². The fraction of sp³-hybridized carbons (Fsp3) is 0.857. The van der Waals surface area contributed by atoms with Gasteiger partial charge in [-0.15, -0.1) is 0 Å². The fourth-order valence-corrected chi connectivity index (χ4v) is 2.42. The van der Waals surface area contributed by atoms with Gasteiger partial charge < -0.3 is 15.5 Å². The predicted octanol–water partition coefficient (Wildman–Crippen LogP) is 0.687. The van der Waals surface area contributed by atoms with Crippen molar-refractivity contribution in [3.8, 4) is 0 Å². The zero-order valence-electron chi connectivity index (χ0n) is 12.6. The Kier molecular flexibility index (Phi) is 5.79. The summed E-state index contributed by atoms with van der Waals surface area (Å²) in [5, 5.41) is 0. The summed E-state index contributed by atoms with van der Waals surface area (Å²) >= 11 is 0. The van der Waals surface area contributed by atoms with Gasteiger partial charge in [-0.25, -0.2) is 0 Å². The molecular weight excluding hydrogens is 242 g/mol. The number of amides is 2. The van der Waals surface area contributed by atoms with E-state index in [1.807, 2.05) is 18.7 Å². The predicted molar refractivity (Wildman–Crippen MR) is 75.4 cm³/mol. The van der Waals surface area contributed by atoms with Crippen LogP contribution in [0.1, 0.15) is 33.1 Å². The number of carbonyl (C=O) groups is 2. The lowest BCUT2D eigenvalue weighted by Gasteiger charge is -2.34. The number of nitrogens with two attached hydrogens (primary N) is 1. The minimum absolute atomic E-state index is 0.0325.